The van der Waals surface area contributed by atoms with E-state index in [1.807, 2.05) is 20.8 Å². The predicted octanol–water partition coefficient (Wildman–Crippen LogP) is 3.11. The Morgan fingerprint density at radius 3 is 2.24 bits per heavy atom. The van der Waals surface area contributed by atoms with Crippen LogP contribution in [0.15, 0.2) is 45.9 Å². The molecule has 0 spiro atoms. The summed E-state index contributed by atoms with van der Waals surface area (Å²) in [6, 6.07) is 8.04. The molecule has 0 bridgehead atoms. The SMILES string of the molecule is CCN(CC)S(=O)(=O)c1ccc(C(C)NC(=O)c2occc2C)cc1. The van der Waals surface area contributed by atoms with Crippen molar-refractivity contribution in [3.05, 3.63) is 53.5 Å². The third kappa shape index (κ3) is 4.11. The first-order chi connectivity index (χ1) is 11.8. The molecular formula is C18H24N2O4S. The molecule has 0 aliphatic carbocycles. The molecule has 25 heavy (non-hydrogen) atoms. The lowest BCUT2D eigenvalue weighted by molar-refractivity contribution is 0.0911. The Morgan fingerprint density at radius 1 is 1.16 bits per heavy atom. The Bertz CT molecular complexity index is 821. The number of rotatable bonds is 7. The van der Waals surface area contributed by atoms with E-state index in [9.17, 15) is 13.2 Å². The van der Waals surface area contributed by atoms with Gasteiger partial charge in [0.25, 0.3) is 5.91 Å². The van der Waals surface area contributed by atoms with Crippen LogP contribution in [0.25, 0.3) is 0 Å². The van der Waals surface area contributed by atoms with Gasteiger partial charge in [0, 0.05) is 18.7 Å². The Kier molecular flexibility index (Phi) is 6.02. The molecule has 1 unspecified atom stereocenters. The van der Waals surface area contributed by atoms with E-state index in [4.69, 9.17) is 4.42 Å². The maximum Gasteiger partial charge on any atom is 0.287 e. The van der Waals surface area contributed by atoms with Crippen LogP contribution in [0.1, 0.15) is 48.5 Å². The minimum absolute atomic E-state index is 0.250. The molecular weight excluding hydrogens is 340 g/mol. The van der Waals surface area contributed by atoms with Gasteiger partial charge in [0.2, 0.25) is 10.0 Å². The van der Waals surface area contributed by atoms with Crippen LogP contribution in [0.4, 0.5) is 0 Å². The van der Waals surface area contributed by atoms with Gasteiger partial charge in [-0.1, -0.05) is 26.0 Å². The molecule has 0 saturated heterocycles. The van der Waals surface area contributed by atoms with Gasteiger partial charge in [-0.25, -0.2) is 8.42 Å². The number of benzene rings is 1. The molecule has 1 aromatic heterocycles. The van der Waals surface area contributed by atoms with Crippen molar-refractivity contribution in [3.8, 4) is 0 Å². The Labute approximate surface area is 148 Å². The van der Waals surface area contributed by atoms with E-state index in [1.54, 1.807) is 37.3 Å². The number of nitrogens with one attached hydrogen (secondary N) is 1. The summed E-state index contributed by atoms with van der Waals surface area (Å²) in [6.45, 7) is 8.11. The van der Waals surface area contributed by atoms with Gasteiger partial charge in [0.05, 0.1) is 17.2 Å². The van der Waals surface area contributed by atoms with Crippen LogP contribution in [0.2, 0.25) is 0 Å². The van der Waals surface area contributed by atoms with Crippen LogP contribution in [0.5, 0.6) is 0 Å². The lowest BCUT2D eigenvalue weighted by Gasteiger charge is -2.19. The smallest absolute Gasteiger partial charge is 0.287 e. The van der Waals surface area contributed by atoms with E-state index in [-0.39, 0.29) is 22.6 Å². The largest absolute Gasteiger partial charge is 0.459 e. The fourth-order valence-corrected chi connectivity index (χ4v) is 4.05. The summed E-state index contributed by atoms with van der Waals surface area (Å²) in [5.41, 5.74) is 1.58. The fourth-order valence-electron chi connectivity index (χ4n) is 2.59. The molecule has 0 aliphatic heterocycles. The minimum Gasteiger partial charge on any atom is -0.459 e. The van der Waals surface area contributed by atoms with Gasteiger partial charge in [-0.3, -0.25) is 4.79 Å². The molecule has 7 heteroatoms. The number of hydrogen-bond acceptors (Lipinski definition) is 4. The maximum absolute atomic E-state index is 12.5. The monoisotopic (exact) mass is 364 g/mol. The minimum atomic E-state index is -3.48. The van der Waals surface area contributed by atoms with Gasteiger partial charge in [0.1, 0.15) is 0 Å². The van der Waals surface area contributed by atoms with E-state index >= 15 is 0 Å². The van der Waals surface area contributed by atoms with Crippen molar-refractivity contribution < 1.29 is 17.6 Å². The number of aryl methyl sites for hydroxylation is 1. The molecule has 136 valence electrons. The molecule has 1 amide bonds. The Morgan fingerprint density at radius 2 is 1.76 bits per heavy atom. The van der Waals surface area contributed by atoms with E-state index in [0.29, 0.717) is 13.1 Å². The summed E-state index contributed by atoms with van der Waals surface area (Å²) in [5.74, 6) is -0.0116. The Balaban J connectivity index is 2.14. The second-order valence-electron chi connectivity index (χ2n) is 5.79. The highest BCUT2D eigenvalue weighted by molar-refractivity contribution is 7.89. The average Bonchev–Trinajstić information content (AvgIpc) is 3.02. The molecule has 0 saturated carbocycles. The van der Waals surface area contributed by atoms with Crippen LogP contribution in [-0.2, 0) is 10.0 Å². The molecule has 0 radical (unpaired) electrons. The number of carbonyl (C=O) groups is 1. The molecule has 1 heterocycles. The van der Waals surface area contributed by atoms with Gasteiger partial charge in [0.15, 0.2) is 5.76 Å². The lowest BCUT2D eigenvalue weighted by Crippen LogP contribution is -2.30. The van der Waals surface area contributed by atoms with Crippen LogP contribution >= 0.6 is 0 Å². The topological polar surface area (TPSA) is 79.6 Å². The summed E-state index contributed by atoms with van der Waals surface area (Å²) in [6.07, 6.45) is 1.47. The molecule has 2 aromatic rings. The molecule has 0 fully saturated rings. The van der Waals surface area contributed by atoms with Gasteiger partial charge >= 0.3 is 0 Å². The first-order valence-electron chi connectivity index (χ1n) is 8.26. The number of furan rings is 1. The summed E-state index contributed by atoms with van der Waals surface area (Å²) in [4.78, 5) is 12.4. The van der Waals surface area contributed by atoms with E-state index < -0.39 is 10.0 Å². The second-order valence-corrected chi connectivity index (χ2v) is 7.72. The van der Waals surface area contributed by atoms with Gasteiger partial charge < -0.3 is 9.73 Å². The van der Waals surface area contributed by atoms with E-state index in [2.05, 4.69) is 5.32 Å². The van der Waals surface area contributed by atoms with E-state index in [0.717, 1.165) is 11.1 Å². The van der Waals surface area contributed by atoms with Crippen molar-refractivity contribution in [2.75, 3.05) is 13.1 Å². The highest BCUT2D eigenvalue weighted by atomic mass is 32.2. The maximum atomic E-state index is 12.5. The highest BCUT2D eigenvalue weighted by Gasteiger charge is 2.22. The summed E-state index contributed by atoms with van der Waals surface area (Å²) in [7, 11) is -3.48. The number of nitrogens with zero attached hydrogens (tertiary/aromatic N) is 1. The first-order valence-corrected chi connectivity index (χ1v) is 9.70. The third-order valence-electron chi connectivity index (χ3n) is 4.14. The number of hydrogen-bond donors (Lipinski definition) is 1. The van der Waals surface area contributed by atoms with Crippen molar-refractivity contribution in [2.24, 2.45) is 0 Å². The van der Waals surface area contributed by atoms with Crippen molar-refractivity contribution in [1.82, 2.24) is 9.62 Å². The molecule has 1 aromatic carbocycles. The van der Waals surface area contributed by atoms with Crippen molar-refractivity contribution in [2.45, 2.75) is 38.6 Å². The van der Waals surface area contributed by atoms with Crippen molar-refractivity contribution in [1.29, 1.82) is 0 Å². The van der Waals surface area contributed by atoms with Crippen molar-refractivity contribution in [3.63, 3.8) is 0 Å². The lowest BCUT2D eigenvalue weighted by atomic mass is 10.1. The molecule has 6 nitrogen and oxygen atoms in total. The van der Waals surface area contributed by atoms with E-state index in [1.165, 1.54) is 10.6 Å². The highest BCUT2D eigenvalue weighted by Crippen LogP contribution is 2.20. The number of amides is 1. The zero-order valence-corrected chi connectivity index (χ0v) is 15.8. The normalized spacial score (nSPS) is 13.0. The van der Waals surface area contributed by atoms with Crippen LogP contribution in [-0.4, -0.2) is 31.7 Å². The zero-order chi connectivity index (χ0) is 18.6. The zero-order valence-electron chi connectivity index (χ0n) is 14.9. The second kappa shape index (κ2) is 7.84. The van der Waals surface area contributed by atoms with Gasteiger partial charge in [-0.15, -0.1) is 0 Å². The molecule has 1 N–H and O–H groups in total. The van der Waals surface area contributed by atoms with Gasteiger partial charge in [-0.2, -0.15) is 4.31 Å². The van der Waals surface area contributed by atoms with Crippen LogP contribution in [0, 0.1) is 6.92 Å². The quantitative estimate of drug-likeness (QED) is 0.819. The molecule has 1 atom stereocenters. The predicted molar refractivity (Wildman–Crippen MR) is 95.9 cm³/mol. The summed E-state index contributed by atoms with van der Waals surface area (Å²) >= 11 is 0. The van der Waals surface area contributed by atoms with Crippen LogP contribution < -0.4 is 5.32 Å². The summed E-state index contributed by atoms with van der Waals surface area (Å²) in [5, 5.41) is 2.85. The third-order valence-corrected chi connectivity index (χ3v) is 6.20. The summed E-state index contributed by atoms with van der Waals surface area (Å²) < 4.78 is 31.6. The number of sulfonamides is 1. The van der Waals surface area contributed by atoms with Gasteiger partial charge in [-0.05, 0) is 37.6 Å². The average molecular weight is 364 g/mol. The Hall–Kier alpha value is -2.12. The van der Waals surface area contributed by atoms with Crippen LogP contribution in [0.3, 0.4) is 0 Å². The van der Waals surface area contributed by atoms with Crippen molar-refractivity contribution >= 4 is 15.9 Å². The molecule has 0 aliphatic rings. The first kappa shape index (κ1) is 19.2. The standard InChI is InChI=1S/C18H24N2O4S/c1-5-20(6-2)25(22,23)16-9-7-15(8-10-16)14(4)19-18(21)17-13(3)11-12-24-17/h7-12,14H,5-6H2,1-4H3,(H,19,21). The fraction of sp³-hybridized carbons (Fsp3) is 0.389. The molecule has 2 rings (SSSR count). The number of carbonyl (C=O) groups excluding carboxylic acids is 1.